The summed E-state index contributed by atoms with van der Waals surface area (Å²) in [5.74, 6) is 0.813. The fourth-order valence-electron chi connectivity index (χ4n) is 4.78. The number of nitrogens with one attached hydrogen (secondary N) is 2. The van der Waals surface area contributed by atoms with Crippen molar-refractivity contribution >= 4 is 23.2 Å². The van der Waals surface area contributed by atoms with Gasteiger partial charge >= 0.3 is 0 Å². The number of benzene rings is 2. The molecule has 0 aromatic heterocycles. The fourth-order valence-corrected chi connectivity index (χ4v) is 4.78. The van der Waals surface area contributed by atoms with Crippen molar-refractivity contribution < 1.29 is 19.1 Å². The SMILES string of the molecule is COc1ccccc1C(=O)Nc1ccc(N2CCC(C)CC2)c(C(=O)NCCCN2CCOCC2)c1. The third kappa shape index (κ3) is 6.77. The molecule has 2 amide bonds. The third-order valence-electron chi connectivity index (χ3n) is 7.02. The van der Waals surface area contributed by atoms with Crippen LogP contribution in [0.1, 0.15) is 46.9 Å². The minimum atomic E-state index is -0.274. The van der Waals surface area contributed by atoms with E-state index in [0.29, 0.717) is 35.0 Å². The van der Waals surface area contributed by atoms with Crippen LogP contribution in [-0.2, 0) is 4.74 Å². The molecule has 2 N–H and O–H groups in total. The Morgan fingerprint density at radius 1 is 1.00 bits per heavy atom. The summed E-state index contributed by atoms with van der Waals surface area (Å²) in [6.45, 7) is 9.10. The van der Waals surface area contributed by atoms with E-state index in [9.17, 15) is 9.59 Å². The maximum atomic E-state index is 13.3. The van der Waals surface area contributed by atoms with Gasteiger partial charge in [0.15, 0.2) is 0 Å². The maximum absolute atomic E-state index is 13.3. The van der Waals surface area contributed by atoms with Crippen LogP contribution in [0.25, 0.3) is 0 Å². The first-order valence-corrected chi connectivity index (χ1v) is 13.0. The summed E-state index contributed by atoms with van der Waals surface area (Å²) in [5.41, 5.74) is 2.54. The molecule has 2 aromatic carbocycles. The lowest BCUT2D eigenvalue weighted by molar-refractivity contribution is 0.0374. The molecule has 8 nitrogen and oxygen atoms in total. The number of nitrogens with zero attached hydrogens (tertiary/aromatic N) is 2. The topological polar surface area (TPSA) is 83.1 Å². The molecule has 2 aliphatic heterocycles. The zero-order valence-electron chi connectivity index (χ0n) is 21.4. The highest BCUT2D eigenvalue weighted by molar-refractivity contribution is 6.07. The Morgan fingerprint density at radius 3 is 2.50 bits per heavy atom. The van der Waals surface area contributed by atoms with Crippen molar-refractivity contribution in [3.63, 3.8) is 0 Å². The van der Waals surface area contributed by atoms with Crippen LogP contribution in [0.4, 0.5) is 11.4 Å². The Labute approximate surface area is 213 Å². The molecule has 0 saturated carbocycles. The minimum absolute atomic E-state index is 0.112. The molecule has 0 atom stereocenters. The molecule has 8 heteroatoms. The van der Waals surface area contributed by atoms with E-state index in [1.54, 1.807) is 31.4 Å². The molecule has 4 rings (SSSR count). The largest absolute Gasteiger partial charge is 0.496 e. The first kappa shape index (κ1) is 26.0. The third-order valence-corrected chi connectivity index (χ3v) is 7.02. The zero-order valence-corrected chi connectivity index (χ0v) is 21.4. The van der Waals surface area contributed by atoms with Gasteiger partial charge in [0, 0.05) is 44.1 Å². The Morgan fingerprint density at radius 2 is 1.75 bits per heavy atom. The number of amides is 2. The number of ether oxygens (including phenoxy) is 2. The van der Waals surface area contributed by atoms with E-state index in [1.165, 1.54) is 0 Å². The summed E-state index contributed by atoms with van der Waals surface area (Å²) in [6.07, 6.45) is 3.09. The lowest BCUT2D eigenvalue weighted by Crippen LogP contribution is -2.38. The molecule has 2 heterocycles. The average molecular weight is 495 g/mol. The van der Waals surface area contributed by atoms with Crippen LogP contribution < -0.4 is 20.3 Å². The Kier molecular flexibility index (Phi) is 9.19. The van der Waals surface area contributed by atoms with Gasteiger partial charge in [-0.15, -0.1) is 0 Å². The van der Waals surface area contributed by atoms with Crippen molar-refractivity contribution in [1.82, 2.24) is 10.2 Å². The quantitative estimate of drug-likeness (QED) is 0.518. The van der Waals surface area contributed by atoms with E-state index < -0.39 is 0 Å². The van der Waals surface area contributed by atoms with Crippen molar-refractivity contribution in [3.8, 4) is 5.75 Å². The number of piperidine rings is 1. The van der Waals surface area contributed by atoms with Crippen LogP contribution in [0, 0.1) is 5.92 Å². The summed E-state index contributed by atoms with van der Waals surface area (Å²) >= 11 is 0. The predicted octanol–water partition coefficient (Wildman–Crippen LogP) is 3.64. The average Bonchev–Trinajstić information content (AvgIpc) is 2.92. The number of hydrogen-bond acceptors (Lipinski definition) is 6. The maximum Gasteiger partial charge on any atom is 0.259 e. The van der Waals surface area contributed by atoms with E-state index in [2.05, 4.69) is 27.4 Å². The van der Waals surface area contributed by atoms with Gasteiger partial charge in [-0.2, -0.15) is 0 Å². The van der Waals surface area contributed by atoms with E-state index in [4.69, 9.17) is 9.47 Å². The summed E-state index contributed by atoms with van der Waals surface area (Å²) in [6, 6.07) is 12.7. The smallest absolute Gasteiger partial charge is 0.259 e. The molecule has 0 bridgehead atoms. The molecule has 2 aliphatic rings. The molecule has 0 radical (unpaired) electrons. The summed E-state index contributed by atoms with van der Waals surface area (Å²) in [4.78, 5) is 30.9. The van der Waals surface area contributed by atoms with Gasteiger partial charge in [0.05, 0.1) is 31.5 Å². The Bertz CT molecular complexity index is 1030. The highest BCUT2D eigenvalue weighted by Gasteiger charge is 2.22. The van der Waals surface area contributed by atoms with E-state index in [0.717, 1.165) is 70.9 Å². The van der Waals surface area contributed by atoms with E-state index in [-0.39, 0.29) is 11.8 Å². The van der Waals surface area contributed by atoms with Crippen LogP contribution in [0.5, 0.6) is 5.75 Å². The summed E-state index contributed by atoms with van der Waals surface area (Å²) in [7, 11) is 1.54. The molecule has 0 unspecified atom stereocenters. The lowest BCUT2D eigenvalue weighted by Gasteiger charge is -2.33. The molecule has 0 aliphatic carbocycles. The summed E-state index contributed by atoms with van der Waals surface area (Å²) < 4.78 is 10.7. The fraction of sp³-hybridized carbons (Fsp3) is 0.500. The van der Waals surface area contributed by atoms with Crippen LogP contribution in [0.15, 0.2) is 42.5 Å². The summed E-state index contributed by atoms with van der Waals surface area (Å²) in [5, 5.41) is 6.04. The Hall–Kier alpha value is -3.10. The van der Waals surface area contributed by atoms with Crippen LogP contribution in [0.2, 0.25) is 0 Å². The Balaban J connectivity index is 1.47. The van der Waals surface area contributed by atoms with Crippen molar-refractivity contribution in [1.29, 1.82) is 0 Å². The molecule has 36 heavy (non-hydrogen) atoms. The monoisotopic (exact) mass is 494 g/mol. The van der Waals surface area contributed by atoms with Gasteiger partial charge in [-0.05, 0) is 62.1 Å². The van der Waals surface area contributed by atoms with Crippen molar-refractivity contribution in [2.24, 2.45) is 5.92 Å². The predicted molar refractivity (Wildman–Crippen MR) is 142 cm³/mol. The van der Waals surface area contributed by atoms with Gasteiger partial charge in [0.2, 0.25) is 0 Å². The highest BCUT2D eigenvalue weighted by Crippen LogP contribution is 2.29. The lowest BCUT2D eigenvalue weighted by atomic mass is 9.97. The molecule has 194 valence electrons. The zero-order chi connectivity index (χ0) is 25.3. The number of anilines is 2. The first-order chi connectivity index (χ1) is 17.5. The highest BCUT2D eigenvalue weighted by atomic mass is 16.5. The van der Waals surface area contributed by atoms with Crippen LogP contribution in [-0.4, -0.2) is 76.3 Å². The molecular weight excluding hydrogens is 456 g/mol. The standard InChI is InChI=1S/C28H38N4O4/c1-21-10-14-32(15-11-21)25-9-8-22(30-28(34)23-6-3-4-7-26(23)35-2)20-24(25)27(33)29-12-5-13-31-16-18-36-19-17-31/h3-4,6-9,20-21H,5,10-19H2,1-2H3,(H,29,33)(H,30,34). The van der Waals surface area contributed by atoms with Gasteiger partial charge in [-0.25, -0.2) is 0 Å². The van der Waals surface area contributed by atoms with Crippen molar-refractivity contribution in [2.45, 2.75) is 26.2 Å². The molecule has 2 aromatic rings. The van der Waals surface area contributed by atoms with Gasteiger partial charge in [-0.3, -0.25) is 14.5 Å². The van der Waals surface area contributed by atoms with E-state index in [1.807, 2.05) is 18.2 Å². The number of carbonyl (C=O) groups excluding carboxylic acids is 2. The number of carbonyl (C=O) groups is 2. The van der Waals surface area contributed by atoms with Crippen molar-refractivity contribution in [3.05, 3.63) is 53.6 Å². The van der Waals surface area contributed by atoms with Gasteiger partial charge in [0.25, 0.3) is 11.8 Å². The van der Waals surface area contributed by atoms with Crippen LogP contribution >= 0.6 is 0 Å². The molecule has 2 fully saturated rings. The number of hydrogen-bond donors (Lipinski definition) is 2. The second kappa shape index (κ2) is 12.7. The molecular formula is C28H38N4O4. The second-order valence-electron chi connectivity index (χ2n) is 9.62. The molecule has 2 saturated heterocycles. The number of methoxy groups -OCH3 is 1. The molecule has 0 spiro atoms. The van der Waals surface area contributed by atoms with Gasteiger partial charge in [-0.1, -0.05) is 19.1 Å². The number of morpholine rings is 1. The number of para-hydroxylation sites is 1. The van der Waals surface area contributed by atoms with Gasteiger partial charge < -0.3 is 25.0 Å². The van der Waals surface area contributed by atoms with E-state index >= 15 is 0 Å². The number of rotatable bonds is 9. The van der Waals surface area contributed by atoms with Gasteiger partial charge in [0.1, 0.15) is 5.75 Å². The first-order valence-electron chi connectivity index (χ1n) is 13.0. The minimum Gasteiger partial charge on any atom is -0.496 e. The van der Waals surface area contributed by atoms with Crippen molar-refractivity contribution in [2.75, 3.05) is 69.8 Å². The van der Waals surface area contributed by atoms with Crippen LogP contribution in [0.3, 0.4) is 0 Å². The normalized spacial score (nSPS) is 17.0. The second-order valence-corrected chi connectivity index (χ2v) is 9.62.